The van der Waals surface area contributed by atoms with E-state index in [9.17, 15) is 9.59 Å². The van der Waals surface area contributed by atoms with Gasteiger partial charge in [-0.2, -0.15) is 0 Å². The fraction of sp³-hybridized carbons (Fsp3) is 0.286. The number of hydrogen-bond acceptors (Lipinski definition) is 5. The lowest BCUT2D eigenvalue weighted by Gasteiger charge is -2.12. The van der Waals surface area contributed by atoms with E-state index >= 15 is 0 Å². The first-order valence-corrected chi connectivity index (χ1v) is 8.74. The van der Waals surface area contributed by atoms with Crippen LogP contribution in [0.5, 0.6) is 11.5 Å². The predicted octanol–water partition coefficient (Wildman–Crippen LogP) is 4.49. The molecule has 0 amide bonds. The van der Waals surface area contributed by atoms with Crippen molar-refractivity contribution in [2.75, 3.05) is 6.61 Å². The van der Waals surface area contributed by atoms with E-state index in [0.29, 0.717) is 30.2 Å². The summed E-state index contributed by atoms with van der Waals surface area (Å²) in [6, 6.07) is 11.5. The molecule has 0 saturated carbocycles. The van der Waals surface area contributed by atoms with Crippen molar-refractivity contribution < 1.29 is 24.2 Å². The highest BCUT2D eigenvalue weighted by Crippen LogP contribution is 2.29. The standard InChI is InChI=1S/C21H23NO5/c1-4-26-19-12-15(5-10-18(19)27-20(23)11-14(2)3)13-22-17-8-6-16(7-9-17)21(24)25/h5-10,12-14H,4,11H2,1-3H3,(H,24,25). The smallest absolute Gasteiger partial charge is 0.335 e. The highest BCUT2D eigenvalue weighted by Gasteiger charge is 2.12. The van der Waals surface area contributed by atoms with Crippen LogP contribution in [0.3, 0.4) is 0 Å². The molecule has 2 rings (SSSR count). The quantitative estimate of drug-likeness (QED) is 0.421. The molecule has 0 heterocycles. The molecule has 0 fully saturated rings. The van der Waals surface area contributed by atoms with Crippen molar-refractivity contribution in [2.24, 2.45) is 10.9 Å². The van der Waals surface area contributed by atoms with E-state index < -0.39 is 5.97 Å². The fourth-order valence-corrected chi connectivity index (χ4v) is 2.29. The maximum absolute atomic E-state index is 11.9. The third-order valence-electron chi connectivity index (χ3n) is 3.54. The number of carboxylic acid groups (broad SMARTS) is 1. The molecule has 0 aromatic heterocycles. The number of carboxylic acids is 1. The lowest BCUT2D eigenvalue weighted by Crippen LogP contribution is -2.11. The van der Waals surface area contributed by atoms with Gasteiger partial charge in [0.2, 0.25) is 0 Å². The summed E-state index contributed by atoms with van der Waals surface area (Å²) in [4.78, 5) is 27.1. The summed E-state index contributed by atoms with van der Waals surface area (Å²) in [7, 11) is 0. The minimum Gasteiger partial charge on any atom is -0.490 e. The van der Waals surface area contributed by atoms with E-state index in [1.54, 1.807) is 36.5 Å². The number of esters is 1. The summed E-state index contributed by atoms with van der Waals surface area (Å²) >= 11 is 0. The van der Waals surface area contributed by atoms with Crippen molar-refractivity contribution in [1.29, 1.82) is 0 Å². The number of carbonyl (C=O) groups is 2. The first kappa shape index (κ1) is 20.2. The van der Waals surface area contributed by atoms with Gasteiger partial charge in [0.15, 0.2) is 11.5 Å². The molecular weight excluding hydrogens is 346 g/mol. The summed E-state index contributed by atoms with van der Waals surface area (Å²) in [6.07, 6.45) is 1.97. The maximum atomic E-state index is 11.9. The van der Waals surface area contributed by atoms with Gasteiger partial charge < -0.3 is 14.6 Å². The van der Waals surface area contributed by atoms with E-state index in [2.05, 4.69) is 4.99 Å². The maximum Gasteiger partial charge on any atom is 0.335 e. The molecule has 1 N–H and O–H groups in total. The molecular formula is C21H23NO5. The van der Waals surface area contributed by atoms with Crippen molar-refractivity contribution in [3.8, 4) is 11.5 Å². The molecule has 0 saturated heterocycles. The summed E-state index contributed by atoms with van der Waals surface area (Å²) in [5.41, 5.74) is 1.61. The van der Waals surface area contributed by atoms with E-state index in [1.165, 1.54) is 12.1 Å². The summed E-state index contributed by atoms with van der Waals surface area (Å²) in [6.45, 7) is 6.19. The Morgan fingerprint density at radius 3 is 2.41 bits per heavy atom. The van der Waals surface area contributed by atoms with Gasteiger partial charge in [-0.3, -0.25) is 9.79 Å². The number of ether oxygens (including phenoxy) is 2. The van der Waals surface area contributed by atoms with Crippen LogP contribution < -0.4 is 9.47 Å². The lowest BCUT2D eigenvalue weighted by molar-refractivity contribution is -0.135. The van der Waals surface area contributed by atoms with Gasteiger partial charge in [-0.25, -0.2) is 4.79 Å². The number of nitrogens with zero attached hydrogens (tertiary/aromatic N) is 1. The molecule has 0 bridgehead atoms. The zero-order chi connectivity index (χ0) is 19.8. The molecule has 0 radical (unpaired) electrons. The molecule has 0 aliphatic rings. The van der Waals surface area contributed by atoms with Crippen LogP contribution >= 0.6 is 0 Å². The highest BCUT2D eigenvalue weighted by atomic mass is 16.6. The number of aromatic carboxylic acids is 1. The number of hydrogen-bond donors (Lipinski definition) is 1. The van der Waals surface area contributed by atoms with Gasteiger partial charge in [0.05, 0.1) is 17.9 Å². The normalized spacial score (nSPS) is 11.0. The van der Waals surface area contributed by atoms with Crippen molar-refractivity contribution in [2.45, 2.75) is 27.2 Å². The molecule has 6 nitrogen and oxygen atoms in total. The number of aliphatic imine (C=N–C) groups is 1. The number of benzene rings is 2. The Bertz CT molecular complexity index is 825. The van der Waals surface area contributed by atoms with Crippen molar-refractivity contribution in [1.82, 2.24) is 0 Å². The lowest BCUT2D eigenvalue weighted by atomic mass is 10.1. The van der Waals surface area contributed by atoms with Crippen LogP contribution in [0.15, 0.2) is 47.5 Å². The second-order valence-corrected chi connectivity index (χ2v) is 6.32. The first-order valence-electron chi connectivity index (χ1n) is 8.74. The molecule has 6 heteroatoms. The second-order valence-electron chi connectivity index (χ2n) is 6.32. The van der Waals surface area contributed by atoms with E-state index in [1.807, 2.05) is 20.8 Å². The Labute approximate surface area is 158 Å². The average molecular weight is 369 g/mol. The SMILES string of the molecule is CCOc1cc(C=Nc2ccc(C(=O)O)cc2)ccc1OC(=O)CC(C)C. The summed E-state index contributed by atoms with van der Waals surface area (Å²) in [5.74, 6) is -0.211. The van der Waals surface area contributed by atoms with Crippen LogP contribution in [0.25, 0.3) is 0 Å². The predicted molar refractivity (Wildman–Crippen MR) is 103 cm³/mol. The molecule has 0 unspecified atom stereocenters. The van der Waals surface area contributed by atoms with E-state index in [0.717, 1.165) is 5.56 Å². The largest absolute Gasteiger partial charge is 0.490 e. The molecule has 2 aromatic carbocycles. The molecule has 27 heavy (non-hydrogen) atoms. The fourth-order valence-electron chi connectivity index (χ4n) is 2.29. The average Bonchev–Trinajstić information content (AvgIpc) is 2.61. The Morgan fingerprint density at radius 1 is 1.11 bits per heavy atom. The molecule has 0 atom stereocenters. The zero-order valence-electron chi connectivity index (χ0n) is 15.6. The zero-order valence-corrected chi connectivity index (χ0v) is 15.6. The topological polar surface area (TPSA) is 85.2 Å². The third-order valence-corrected chi connectivity index (χ3v) is 3.54. The Kier molecular flexibility index (Phi) is 7.11. The monoisotopic (exact) mass is 369 g/mol. The minimum absolute atomic E-state index is 0.208. The van der Waals surface area contributed by atoms with E-state index in [-0.39, 0.29) is 17.5 Å². The van der Waals surface area contributed by atoms with Gasteiger partial charge in [0.1, 0.15) is 0 Å². The Hall–Kier alpha value is -3.15. The van der Waals surface area contributed by atoms with Crippen LogP contribution in [-0.4, -0.2) is 29.9 Å². The van der Waals surface area contributed by atoms with Crippen LogP contribution in [0, 0.1) is 5.92 Å². The highest BCUT2D eigenvalue weighted by molar-refractivity contribution is 5.88. The molecule has 0 aliphatic heterocycles. The summed E-state index contributed by atoms with van der Waals surface area (Å²) < 4.78 is 11.0. The van der Waals surface area contributed by atoms with Gasteiger partial charge in [-0.1, -0.05) is 13.8 Å². The Balaban J connectivity index is 2.16. The first-order chi connectivity index (χ1) is 12.9. The van der Waals surface area contributed by atoms with Gasteiger partial charge in [0.25, 0.3) is 0 Å². The second kappa shape index (κ2) is 9.52. The molecule has 0 aliphatic carbocycles. The van der Waals surface area contributed by atoms with E-state index in [4.69, 9.17) is 14.6 Å². The molecule has 142 valence electrons. The van der Waals surface area contributed by atoms with Crippen LogP contribution in [0.2, 0.25) is 0 Å². The van der Waals surface area contributed by atoms with Crippen molar-refractivity contribution in [3.05, 3.63) is 53.6 Å². The van der Waals surface area contributed by atoms with Crippen molar-refractivity contribution >= 4 is 23.8 Å². The van der Waals surface area contributed by atoms with Gasteiger partial charge in [0, 0.05) is 12.6 Å². The van der Waals surface area contributed by atoms with Gasteiger partial charge >= 0.3 is 11.9 Å². The van der Waals surface area contributed by atoms with Crippen LogP contribution in [0.1, 0.15) is 43.1 Å². The minimum atomic E-state index is -0.977. The molecule has 2 aromatic rings. The number of rotatable bonds is 8. The molecule has 0 spiro atoms. The van der Waals surface area contributed by atoms with Crippen LogP contribution in [0.4, 0.5) is 5.69 Å². The third kappa shape index (κ3) is 6.26. The summed E-state index contributed by atoms with van der Waals surface area (Å²) in [5, 5.41) is 8.91. The van der Waals surface area contributed by atoms with Gasteiger partial charge in [-0.05, 0) is 60.9 Å². The number of carbonyl (C=O) groups excluding carboxylic acids is 1. The van der Waals surface area contributed by atoms with Crippen molar-refractivity contribution in [3.63, 3.8) is 0 Å². The van der Waals surface area contributed by atoms with Crippen LogP contribution in [-0.2, 0) is 4.79 Å². The van der Waals surface area contributed by atoms with Gasteiger partial charge in [-0.15, -0.1) is 0 Å². The Morgan fingerprint density at radius 2 is 1.81 bits per heavy atom.